The third-order valence-electron chi connectivity index (χ3n) is 2.04. The van der Waals surface area contributed by atoms with Crippen LogP contribution in [-0.2, 0) is 0 Å². The Kier molecular flexibility index (Phi) is 2.44. The van der Waals surface area contributed by atoms with Gasteiger partial charge in [-0.3, -0.25) is 0 Å². The molecule has 0 saturated heterocycles. The van der Waals surface area contributed by atoms with Crippen molar-refractivity contribution in [2.45, 2.75) is 13.8 Å². The number of furan rings is 1. The molecular formula is C11H10N2O3. The van der Waals surface area contributed by atoms with Crippen LogP contribution in [0.25, 0.3) is 11.5 Å². The Morgan fingerprint density at radius 1 is 1.31 bits per heavy atom. The fraction of sp³-hybridized carbons (Fsp3) is 0.182. The third-order valence-corrected chi connectivity index (χ3v) is 2.04. The van der Waals surface area contributed by atoms with E-state index in [1.165, 1.54) is 0 Å². The average Bonchev–Trinajstić information content (AvgIpc) is 2.64. The number of aromatic nitrogens is 2. The Labute approximate surface area is 91.8 Å². The van der Waals surface area contributed by atoms with E-state index in [-0.39, 0.29) is 5.82 Å². The summed E-state index contributed by atoms with van der Waals surface area (Å²) >= 11 is 0. The summed E-state index contributed by atoms with van der Waals surface area (Å²) in [5.41, 5.74) is 1.08. The Bertz CT molecular complexity index is 546. The standard InChI is InChI=1S/C11H10N2O3/c1-6-5-8(9-4-3-7(2)16-9)13-10(12-6)11(14)15/h3-5H,1-2H3,(H,14,15). The number of hydrogen-bond acceptors (Lipinski definition) is 4. The van der Waals surface area contributed by atoms with E-state index < -0.39 is 5.97 Å². The summed E-state index contributed by atoms with van der Waals surface area (Å²) in [6, 6.07) is 5.24. The van der Waals surface area contributed by atoms with Gasteiger partial charge < -0.3 is 9.52 Å². The normalized spacial score (nSPS) is 10.4. The highest BCUT2D eigenvalue weighted by molar-refractivity contribution is 5.83. The number of nitrogens with zero attached hydrogens (tertiary/aromatic N) is 2. The van der Waals surface area contributed by atoms with Crippen LogP contribution < -0.4 is 0 Å². The van der Waals surface area contributed by atoms with Crippen molar-refractivity contribution in [1.29, 1.82) is 0 Å². The molecule has 16 heavy (non-hydrogen) atoms. The van der Waals surface area contributed by atoms with E-state index >= 15 is 0 Å². The summed E-state index contributed by atoms with van der Waals surface area (Å²) in [6.45, 7) is 3.53. The van der Waals surface area contributed by atoms with Gasteiger partial charge in [0.1, 0.15) is 11.5 Å². The molecule has 0 aliphatic rings. The van der Waals surface area contributed by atoms with Crippen LogP contribution in [0, 0.1) is 13.8 Å². The molecule has 0 atom stereocenters. The van der Waals surface area contributed by atoms with E-state index in [1.807, 2.05) is 6.92 Å². The summed E-state index contributed by atoms with van der Waals surface area (Å²) in [5.74, 6) is -0.0640. The zero-order chi connectivity index (χ0) is 11.7. The molecular weight excluding hydrogens is 208 g/mol. The molecule has 2 heterocycles. The van der Waals surface area contributed by atoms with Crippen molar-refractivity contribution in [3.63, 3.8) is 0 Å². The second-order valence-electron chi connectivity index (χ2n) is 3.43. The van der Waals surface area contributed by atoms with Gasteiger partial charge in [0, 0.05) is 5.69 Å². The lowest BCUT2D eigenvalue weighted by atomic mass is 10.2. The van der Waals surface area contributed by atoms with Crippen LogP contribution in [0.1, 0.15) is 22.1 Å². The predicted molar refractivity (Wildman–Crippen MR) is 56.2 cm³/mol. The molecule has 0 aliphatic carbocycles. The van der Waals surface area contributed by atoms with Gasteiger partial charge in [-0.05, 0) is 32.0 Å². The highest BCUT2D eigenvalue weighted by Gasteiger charge is 2.12. The first-order chi connectivity index (χ1) is 7.56. The van der Waals surface area contributed by atoms with E-state index in [9.17, 15) is 4.79 Å². The number of carboxylic acid groups (broad SMARTS) is 1. The third kappa shape index (κ3) is 1.93. The summed E-state index contributed by atoms with van der Waals surface area (Å²) in [5, 5.41) is 8.83. The fourth-order valence-corrected chi connectivity index (χ4v) is 1.36. The van der Waals surface area contributed by atoms with E-state index in [4.69, 9.17) is 9.52 Å². The SMILES string of the molecule is Cc1cc(-c2ccc(C)o2)nc(C(=O)O)n1. The molecule has 5 heteroatoms. The number of rotatable bonds is 2. The first kappa shape index (κ1) is 10.4. The minimum Gasteiger partial charge on any atom is -0.475 e. The second-order valence-corrected chi connectivity index (χ2v) is 3.43. The largest absolute Gasteiger partial charge is 0.475 e. The van der Waals surface area contributed by atoms with Gasteiger partial charge in [0.05, 0.1) is 0 Å². The molecule has 82 valence electrons. The van der Waals surface area contributed by atoms with Gasteiger partial charge in [-0.2, -0.15) is 0 Å². The highest BCUT2D eigenvalue weighted by atomic mass is 16.4. The Morgan fingerprint density at radius 2 is 2.06 bits per heavy atom. The Morgan fingerprint density at radius 3 is 2.62 bits per heavy atom. The van der Waals surface area contributed by atoms with Crippen molar-refractivity contribution < 1.29 is 14.3 Å². The lowest BCUT2D eigenvalue weighted by Crippen LogP contribution is -2.05. The van der Waals surface area contributed by atoms with Crippen LogP contribution in [0.15, 0.2) is 22.6 Å². The molecule has 0 bridgehead atoms. The first-order valence-electron chi connectivity index (χ1n) is 4.72. The number of carbonyl (C=O) groups is 1. The van der Waals surface area contributed by atoms with Crippen molar-refractivity contribution in [3.05, 3.63) is 35.5 Å². The van der Waals surface area contributed by atoms with Crippen molar-refractivity contribution in [2.24, 2.45) is 0 Å². The number of hydrogen-bond donors (Lipinski definition) is 1. The van der Waals surface area contributed by atoms with Crippen LogP contribution in [0.5, 0.6) is 0 Å². The topological polar surface area (TPSA) is 76.2 Å². The lowest BCUT2D eigenvalue weighted by Gasteiger charge is -2.00. The van der Waals surface area contributed by atoms with Crippen LogP contribution in [-0.4, -0.2) is 21.0 Å². The first-order valence-corrected chi connectivity index (χ1v) is 4.72. The van der Waals surface area contributed by atoms with Crippen molar-refractivity contribution in [1.82, 2.24) is 9.97 Å². The molecule has 0 spiro atoms. The second kappa shape index (κ2) is 3.77. The number of aromatic carboxylic acids is 1. The molecule has 0 fully saturated rings. The van der Waals surface area contributed by atoms with Crippen LogP contribution in [0.4, 0.5) is 0 Å². The molecule has 0 unspecified atom stereocenters. The fourth-order valence-electron chi connectivity index (χ4n) is 1.36. The molecule has 2 aromatic heterocycles. The number of aryl methyl sites for hydroxylation is 2. The molecule has 0 aromatic carbocycles. The molecule has 0 amide bonds. The van der Waals surface area contributed by atoms with Crippen molar-refractivity contribution >= 4 is 5.97 Å². The highest BCUT2D eigenvalue weighted by Crippen LogP contribution is 2.20. The van der Waals surface area contributed by atoms with Gasteiger partial charge >= 0.3 is 5.97 Å². The Balaban J connectivity index is 2.53. The van der Waals surface area contributed by atoms with E-state index in [2.05, 4.69) is 9.97 Å². The van der Waals surface area contributed by atoms with E-state index in [1.54, 1.807) is 25.1 Å². The Hall–Kier alpha value is -2.17. The van der Waals surface area contributed by atoms with Gasteiger partial charge in [-0.25, -0.2) is 14.8 Å². The molecule has 5 nitrogen and oxygen atoms in total. The molecule has 2 rings (SSSR count). The van der Waals surface area contributed by atoms with Gasteiger partial charge in [-0.1, -0.05) is 0 Å². The maximum atomic E-state index is 10.8. The van der Waals surface area contributed by atoms with Gasteiger partial charge in [-0.15, -0.1) is 0 Å². The van der Waals surface area contributed by atoms with Crippen LogP contribution >= 0.6 is 0 Å². The van der Waals surface area contributed by atoms with E-state index in [0.717, 1.165) is 5.76 Å². The summed E-state index contributed by atoms with van der Waals surface area (Å²) in [7, 11) is 0. The van der Waals surface area contributed by atoms with Gasteiger partial charge in [0.25, 0.3) is 0 Å². The minimum atomic E-state index is -1.15. The monoisotopic (exact) mass is 218 g/mol. The summed E-state index contributed by atoms with van der Waals surface area (Å²) in [4.78, 5) is 18.5. The summed E-state index contributed by atoms with van der Waals surface area (Å²) < 4.78 is 5.38. The van der Waals surface area contributed by atoms with Crippen molar-refractivity contribution in [2.75, 3.05) is 0 Å². The zero-order valence-electron chi connectivity index (χ0n) is 8.89. The quantitative estimate of drug-likeness (QED) is 0.834. The lowest BCUT2D eigenvalue weighted by molar-refractivity contribution is 0.0683. The van der Waals surface area contributed by atoms with Crippen LogP contribution in [0.2, 0.25) is 0 Å². The van der Waals surface area contributed by atoms with Gasteiger partial charge in [0.15, 0.2) is 5.76 Å². The maximum Gasteiger partial charge on any atom is 0.373 e. The number of carboxylic acids is 1. The smallest absolute Gasteiger partial charge is 0.373 e. The molecule has 1 N–H and O–H groups in total. The molecule has 0 aliphatic heterocycles. The molecule has 0 saturated carbocycles. The van der Waals surface area contributed by atoms with Gasteiger partial charge in [0.2, 0.25) is 5.82 Å². The molecule has 0 radical (unpaired) electrons. The summed E-state index contributed by atoms with van der Waals surface area (Å²) in [6.07, 6.45) is 0. The van der Waals surface area contributed by atoms with Crippen LogP contribution in [0.3, 0.4) is 0 Å². The minimum absolute atomic E-state index is 0.218. The predicted octanol–water partition coefficient (Wildman–Crippen LogP) is 2.05. The maximum absolute atomic E-state index is 10.8. The molecule has 2 aromatic rings. The zero-order valence-corrected chi connectivity index (χ0v) is 8.89. The average molecular weight is 218 g/mol. The van der Waals surface area contributed by atoms with E-state index in [0.29, 0.717) is 17.1 Å². The van der Waals surface area contributed by atoms with Crippen molar-refractivity contribution in [3.8, 4) is 11.5 Å².